The monoisotopic (exact) mass is 264 g/mol. The van der Waals surface area contributed by atoms with Gasteiger partial charge in [0.15, 0.2) is 0 Å². The Balaban J connectivity index is 4.81. The van der Waals surface area contributed by atoms with Crippen LogP contribution in [0.15, 0.2) is 23.4 Å². The molecule has 0 spiro atoms. The van der Waals surface area contributed by atoms with Crippen molar-refractivity contribution in [3.63, 3.8) is 0 Å². The number of hydrazine groups is 1. The first-order chi connectivity index (χ1) is 8.76. The lowest BCUT2D eigenvalue weighted by Crippen LogP contribution is -2.38. The summed E-state index contributed by atoms with van der Waals surface area (Å²) < 4.78 is 0. The summed E-state index contributed by atoms with van der Waals surface area (Å²) in [5, 5.41) is 12.2. The highest BCUT2D eigenvalue weighted by molar-refractivity contribution is 5.28. The number of rotatable bonds is 6. The molecule has 0 radical (unpaired) electrons. The number of allylic oxidation sites excluding steroid dienone is 3. The first-order valence-corrected chi connectivity index (χ1v) is 6.73. The van der Waals surface area contributed by atoms with Crippen molar-refractivity contribution in [2.75, 3.05) is 6.54 Å². The molecule has 4 heteroatoms. The molecule has 0 amide bonds. The Kier molecular flexibility index (Phi) is 7.43. The van der Waals surface area contributed by atoms with Crippen LogP contribution in [0.25, 0.3) is 0 Å². The Labute approximate surface area is 117 Å². The highest BCUT2D eigenvalue weighted by Gasteiger charge is 2.16. The summed E-state index contributed by atoms with van der Waals surface area (Å²) in [5.41, 5.74) is 4.87. The average Bonchev–Trinajstić information content (AvgIpc) is 2.31. The third-order valence-corrected chi connectivity index (χ3v) is 3.01. The van der Waals surface area contributed by atoms with E-state index in [-0.39, 0.29) is 17.4 Å². The molecule has 0 saturated heterocycles. The van der Waals surface area contributed by atoms with E-state index in [9.17, 15) is 0 Å². The van der Waals surface area contributed by atoms with Gasteiger partial charge in [-0.15, -0.1) is 0 Å². The zero-order valence-electron chi connectivity index (χ0n) is 13.0. The van der Waals surface area contributed by atoms with Gasteiger partial charge in [0, 0.05) is 12.2 Å². The molecule has 0 saturated carbocycles. The second-order valence-electron chi connectivity index (χ2n) is 6.04. The fourth-order valence-electron chi connectivity index (χ4n) is 1.71. The second-order valence-corrected chi connectivity index (χ2v) is 6.04. The van der Waals surface area contributed by atoms with Gasteiger partial charge in [-0.1, -0.05) is 40.7 Å². The molecule has 4 nitrogen and oxygen atoms in total. The molecule has 0 fully saturated rings. The van der Waals surface area contributed by atoms with Gasteiger partial charge in [0.1, 0.15) is 0 Å². The fraction of sp³-hybridized carbons (Fsp3) is 0.667. The minimum atomic E-state index is -0.166. The predicted molar refractivity (Wildman–Crippen MR) is 80.9 cm³/mol. The summed E-state index contributed by atoms with van der Waals surface area (Å²) in [6.45, 7) is 13.1. The summed E-state index contributed by atoms with van der Waals surface area (Å²) in [6.07, 6.45) is 4.13. The number of hydrogen-bond donors (Lipinski definition) is 3. The molecule has 1 atom stereocenters. The van der Waals surface area contributed by atoms with Crippen LogP contribution in [0, 0.1) is 22.7 Å². The van der Waals surface area contributed by atoms with Crippen molar-refractivity contribution in [2.45, 2.75) is 47.6 Å². The van der Waals surface area contributed by atoms with Crippen molar-refractivity contribution >= 4 is 0 Å². The third-order valence-electron chi connectivity index (χ3n) is 3.01. The Morgan fingerprint density at radius 2 is 1.95 bits per heavy atom. The SMILES string of the molecule is C/C=C(\C=C(\CNC(C#N)C(C)C)NN)C(C)(C)C. The quantitative estimate of drug-likeness (QED) is 0.391. The molecule has 0 aliphatic heterocycles. The third kappa shape index (κ3) is 6.42. The van der Waals surface area contributed by atoms with Crippen molar-refractivity contribution in [2.24, 2.45) is 17.2 Å². The van der Waals surface area contributed by atoms with Crippen LogP contribution in [0.1, 0.15) is 41.5 Å². The van der Waals surface area contributed by atoms with Crippen LogP contribution in [-0.2, 0) is 0 Å². The van der Waals surface area contributed by atoms with Crippen LogP contribution in [0.3, 0.4) is 0 Å². The minimum absolute atomic E-state index is 0.0729. The molecular weight excluding hydrogens is 236 g/mol. The van der Waals surface area contributed by atoms with Gasteiger partial charge in [-0.05, 0) is 29.9 Å². The van der Waals surface area contributed by atoms with Gasteiger partial charge in [0.2, 0.25) is 0 Å². The van der Waals surface area contributed by atoms with E-state index in [0.717, 1.165) is 5.70 Å². The van der Waals surface area contributed by atoms with Gasteiger partial charge in [-0.25, -0.2) is 0 Å². The number of nitrogens with two attached hydrogens (primary N) is 1. The van der Waals surface area contributed by atoms with E-state index in [1.54, 1.807) is 0 Å². The van der Waals surface area contributed by atoms with Crippen LogP contribution in [-0.4, -0.2) is 12.6 Å². The maximum absolute atomic E-state index is 9.04. The van der Waals surface area contributed by atoms with Crippen LogP contribution < -0.4 is 16.6 Å². The van der Waals surface area contributed by atoms with Gasteiger partial charge in [-0.3, -0.25) is 11.2 Å². The van der Waals surface area contributed by atoms with E-state index in [4.69, 9.17) is 11.1 Å². The van der Waals surface area contributed by atoms with Gasteiger partial charge in [-0.2, -0.15) is 5.26 Å². The Morgan fingerprint density at radius 3 is 2.26 bits per heavy atom. The van der Waals surface area contributed by atoms with Gasteiger partial charge >= 0.3 is 0 Å². The molecule has 19 heavy (non-hydrogen) atoms. The van der Waals surface area contributed by atoms with Gasteiger partial charge < -0.3 is 5.43 Å². The maximum Gasteiger partial charge on any atom is 0.0979 e. The van der Waals surface area contributed by atoms with Crippen molar-refractivity contribution in [3.05, 3.63) is 23.4 Å². The Bertz CT molecular complexity index is 367. The van der Waals surface area contributed by atoms with Crippen molar-refractivity contribution in [3.8, 4) is 6.07 Å². The normalized spacial score (nSPS) is 15.3. The number of nitriles is 1. The highest BCUT2D eigenvalue weighted by Crippen LogP contribution is 2.26. The molecule has 0 aromatic carbocycles. The number of hydrogen-bond acceptors (Lipinski definition) is 4. The van der Waals surface area contributed by atoms with Crippen molar-refractivity contribution in [1.29, 1.82) is 5.26 Å². The second kappa shape index (κ2) is 7.98. The molecule has 4 N–H and O–H groups in total. The number of nitrogens with zero attached hydrogens (tertiary/aromatic N) is 1. The van der Waals surface area contributed by atoms with Crippen LogP contribution >= 0.6 is 0 Å². The fourth-order valence-corrected chi connectivity index (χ4v) is 1.71. The maximum atomic E-state index is 9.04. The van der Waals surface area contributed by atoms with Crippen LogP contribution in [0.5, 0.6) is 0 Å². The van der Waals surface area contributed by atoms with E-state index < -0.39 is 0 Å². The highest BCUT2D eigenvalue weighted by atomic mass is 15.2. The van der Waals surface area contributed by atoms with Crippen LogP contribution in [0.2, 0.25) is 0 Å². The van der Waals surface area contributed by atoms with Crippen molar-refractivity contribution in [1.82, 2.24) is 10.7 Å². The number of nitrogens with one attached hydrogen (secondary N) is 2. The van der Waals surface area contributed by atoms with Crippen LogP contribution in [0.4, 0.5) is 0 Å². The van der Waals surface area contributed by atoms with E-state index in [0.29, 0.717) is 6.54 Å². The lowest BCUT2D eigenvalue weighted by molar-refractivity contribution is 0.481. The van der Waals surface area contributed by atoms with Gasteiger partial charge in [0.25, 0.3) is 0 Å². The topological polar surface area (TPSA) is 73.9 Å². The molecule has 0 aromatic rings. The Hall–Kier alpha value is -1.31. The zero-order valence-corrected chi connectivity index (χ0v) is 13.0. The molecule has 0 aromatic heterocycles. The molecule has 1 unspecified atom stereocenters. The first kappa shape index (κ1) is 17.7. The first-order valence-electron chi connectivity index (χ1n) is 6.73. The Morgan fingerprint density at radius 1 is 1.37 bits per heavy atom. The molecule has 108 valence electrons. The summed E-state index contributed by atoms with van der Waals surface area (Å²) in [5.74, 6) is 5.83. The van der Waals surface area contributed by atoms with E-state index in [1.165, 1.54) is 5.57 Å². The standard InChI is InChI=1S/C15H28N4/c1-7-12(15(4,5)6)8-13(19-17)10-18-14(9-16)11(2)3/h7-8,11,14,18-19H,10,17H2,1-6H3/b12-7+,13-8-. The molecule has 0 heterocycles. The minimum Gasteiger partial charge on any atom is -0.327 e. The van der Waals surface area contributed by atoms with E-state index in [2.05, 4.69) is 43.7 Å². The lowest BCUT2D eigenvalue weighted by Gasteiger charge is -2.22. The van der Waals surface area contributed by atoms with Gasteiger partial charge in [0.05, 0.1) is 12.1 Å². The summed E-state index contributed by atoms with van der Waals surface area (Å²) in [6, 6.07) is 2.09. The molecule has 0 aliphatic rings. The summed E-state index contributed by atoms with van der Waals surface area (Å²) >= 11 is 0. The summed E-state index contributed by atoms with van der Waals surface area (Å²) in [4.78, 5) is 0. The smallest absolute Gasteiger partial charge is 0.0979 e. The zero-order chi connectivity index (χ0) is 15.1. The molecular formula is C15H28N4. The van der Waals surface area contributed by atoms with E-state index in [1.807, 2.05) is 26.8 Å². The largest absolute Gasteiger partial charge is 0.327 e. The molecule has 0 rings (SSSR count). The molecule has 0 bridgehead atoms. The summed E-state index contributed by atoms with van der Waals surface area (Å²) in [7, 11) is 0. The lowest BCUT2D eigenvalue weighted by atomic mass is 9.85. The van der Waals surface area contributed by atoms with Crippen molar-refractivity contribution < 1.29 is 0 Å². The average molecular weight is 264 g/mol. The molecule has 0 aliphatic carbocycles. The van der Waals surface area contributed by atoms with E-state index >= 15 is 0 Å². The predicted octanol–water partition coefficient (Wildman–Crippen LogP) is 2.46.